The van der Waals surface area contributed by atoms with Crippen molar-refractivity contribution in [3.63, 3.8) is 0 Å². The number of nitrogens with two attached hydrogens (primary N) is 1. The maximum absolute atomic E-state index is 5.58. The van der Waals surface area contributed by atoms with Crippen molar-refractivity contribution in [1.29, 1.82) is 0 Å². The van der Waals surface area contributed by atoms with E-state index in [2.05, 4.69) is 57.9 Å². The molecule has 0 spiro atoms. The molecule has 3 rings (SSSR count). The third-order valence-corrected chi connectivity index (χ3v) is 3.76. The van der Waals surface area contributed by atoms with Crippen molar-refractivity contribution in [2.45, 2.75) is 12.8 Å². The van der Waals surface area contributed by atoms with Crippen molar-refractivity contribution in [1.82, 2.24) is 9.36 Å². The summed E-state index contributed by atoms with van der Waals surface area (Å²) in [4.78, 5) is 4.18. The number of hydrogen-bond acceptors (Lipinski definition) is 4. The fourth-order valence-electron chi connectivity index (χ4n) is 2.12. The van der Waals surface area contributed by atoms with Crippen molar-refractivity contribution in [3.8, 4) is 11.1 Å². The molecule has 0 radical (unpaired) electrons. The molecule has 1 aromatic heterocycles. The lowest BCUT2D eigenvalue weighted by atomic mass is 10.0. The molecular weight excluding hydrogens is 266 g/mol. The minimum Gasteiger partial charge on any atom is -0.374 e. The zero-order chi connectivity index (χ0) is 13.8. The molecule has 0 aliphatic rings. The summed E-state index contributed by atoms with van der Waals surface area (Å²) in [6.45, 7) is 0. The zero-order valence-corrected chi connectivity index (χ0v) is 11.8. The summed E-state index contributed by atoms with van der Waals surface area (Å²) >= 11 is 1.26. The summed E-state index contributed by atoms with van der Waals surface area (Å²) in [5, 5.41) is 0.541. The first-order valence-electron chi connectivity index (χ1n) is 6.54. The van der Waals surface area contributed by atoms with E-state index in [4.69, 9.17) is 5.73 Å². The summed E-state index contributed by atoms with van der Waals surface area (Å²) in [5.74, 6) is 0.833. The van der Waals surface area contributed by atoms with Gasteiger partial charge in [-0.25, -0.2) is 4.98 Å². The molecule has 0 saturated heterocycles. The van der Waals surface area contributed by atoms with Gasteiger partial charge in [-0.15, -0.1) is 0 Å². The standard InChI is InChI=1S/C16H15N3S/c17-16-18-15(19-20-16)11-8-12-6-9-14(10-7-12)13-4-2-1-3-5-13/h1-7,9-10H,8,11H2,(H2,17,18,19). The Kier molecular flexibility index (Phi) is 3.74. The molecule has 100 valence electrons. The van der Waals surface area contributed by atoms with Gasteiger partial charge in [-0.1, -0.05) is 54.6 Å². The smallest absolute Gasteiger partial charge is 0.199 e. The van der Waals surface area contributed by atoms with E-state index in [1.54, 1.807) is 0 Å². The second-order valence-electron chi connectivity index (χ2n) is 4.61. The molecule has 0 aliphatic carbocycles. The first-order valence-corrected chi connectivity index (χ1v) is 7.31. The van der Waals surface area contributed by atoms with Crippen molar-refractivity contribution >= 4 is 16.7 Å². The highest BCUT2D eigenvalue weighted by atomic mass is 32.1. The fourth-order valence-corrected chi connectivity index (χ4v) is 2.60. The lowest BCUT2D eigenvalue weighted by Crippen LogP contribution is -1.94. The van der Waals surface area contributed by atoms with Gasteiger partial charge < -0.3 is 5.73 Å². The molecule has 1 heterocycles. The molecule has 0 amide bonds. The molecule has 0 aliphatic heterocycles. The number of aromatic nitrogens is 2. The van der Waals surface area contributed by atoms with E-state index in [-0.39, 0.29) is 0 Å². The van der Waals surface area contributed by atoms with Crippen molar-refractivity contribution < 1.29 is 0 Å². The predicted octanol–water partition coefficient (Wildman–Crippen LogP) is 3.57. The Bertz CT molecular complexity index is 674. The summed E-state index contributed by atoms with van der Waals surface area (Å²) in [6.07, 6.45) is 1.77. The average molecular weight is 281 g/mol. The largest absolute Gasteiger partial charge is 0.374 e. The minimum atomic E-state index is 0.541. The van der Waals surface area contributed by atoms with Gasteiger partial charge in [0.2, 0.25) is 0 Å². The summed E-state index contributed by atoms with van der Waals surface area (Å²) in [5.41, 5.74) is 9.35. The van der Waals surface area contributed by atoms with E-state index >= 15 is 0 Å². The summed E-state index contributed by atoms with van der Waals surface area (Å²) in [7, 11) is 0. The topological polar surface area (TPSA) is 51.8 Å². The number of aryl methyl sites for hydroxylation is 2. The van der Waals surface area contributed by atoms with Crippen molar-refractivity contribution in [2.24, 2.45) is 0 Å². The number of benzene rings is 2. The van der Waals surface area contributed by atoms with E-state index in [1.807, 2.05) is 6.07 Å². The SMILES string of the molecule is Nc1nc(CCc2ccc(-c3ccccc3)cc2)ns1. The number of anilines is 1. The van der Waals surface area contributed by atoms with Crippen LogP contribution in [0.2, 0.25) is 0 Å². The number of hydrogen-bond donors (Lipinski definition) is 1. The van der Waals surface area contributed by atoms with Gasteiger partial charge in [0.1, 0.15) is 5.82 Å². The number of rotatable bonds is 4. The molecular formula is C16H15N3S. The number of nitrogen functional groups attached to an aromatic ring is 1. The molecule has 20 heavy (non-hydrogen) atoms. The Morgan fingerprint density at radius 3 is 2.20 bits per heavy atom. The lowest BCUT2D eigenvalue weighted by Gasteiger charge is -2.03. The fraction of sp³-hybridized carbons (Fsp3) is 0.125. The van der Waals surface area contributed by atoms with Crippen molar-refractivity contribution in [2.75, 3.05) is 5.73 Å². The molecule has 2 N–H and O–H groups in total. The van der Waals surface area contributed by atoms with Gasteiger partial charge >= 0.3 is 0 Å². The second kappa shape index (κ2) is 5.84. The molecule has 3 aromatic rings. The summed E-state index contributed by atoms with van der Waals surface area (Å²) < 4.78 is 4.20. The van der Waals surface area contributed by atoms with Crippen LogP contribution in [0, 0.1) is 0 Å². The van der Waals surface area contributed by atoms with Gasteiger partial charge in [0.05, 0.1) is 0 Å². The molecule has 0 fully saturated rings. The molecule has 2 aromatic carbocycles. The highest BCUT2D eigenvalue weighted by molar-refractivity contribution is 7.09. The Labute approximate surface area is 122 Å². The van der Waals surface area contributed by atoms with Gasteiger partial charge in [0.25, 0.3) is 0 Å². The van der Waals surface area contributed by atoms with E-state index in [9.17, 15) is 0 Å². The van der Waals surface area contributed by atoms with E-state index < -0.39 is 0 Å². The molecule has 0 bridgehead atoms. The van der Waals surface area contributed by atoms with Crippen LogP contribution < -0.4 is 5.73 Å². The van der Waals surface area contributed by atoms with Crippen LogP contribution in [0.25, 0.3) is 11.1 Å². The van der Waals surface area contributed by atoms with E-state index in [1.165, 1.54) is 28.2 Å². The minimum absolute atomic E-state index is 0.541. The van der Waals surface area contributed by atoms with E-state index in [0.717, 1.165) is 18.7 Å². The average Bonchev–Trinajstić information content (AvgIpc) is 2.92. The molecule has 0 unspecified atom stereocenters. The Hall–Kier alpha value is -2.20. The maximum Gasteiger partial charge on any atom is 0.199 e. The Morgan fingerprint density at radius 1 is 0.850 bits per heavy atom. The van der Waals surface area contributed by atoms with Crippen LogP contribution in [0.15, 0.2) is 54.6 Å². The lowest BCUT2D eigenvalue weighted by molar-refractivity contribution is 0.891. The van der Waals surface area contributed by atoms with Crippen LogP contribution in [-0.2, 0) is 12.8 Å². The second-order valence-corrected chi connectivity index (χ2v) is 5.40. The maximum atomic E-state index is 5.58. The third-order valence-electron chi connectivity index (χ3n) is 3.18. The zero-order valence-electron chi connectivity index (χ0n) is 11.0. The highest BCUT2D eigenvalue weighted by Gasteiger charge is 2.02. The molecule has 3 nitrogen and oxygen atoms in total. The third kappa shape index (κ3) is 3.03. The van der Waals surface area contributed by atoms with Crippen molar-refractivity contribution in [3.05, 3.63) is 66.0 Å². The molecule has 0 atom stereocenters. The Balaban J connectivity index is 1.67. The van der Waals surface area contributed by atoms with Gasteiger partial charge in [-0.2, -0.15) is 4.37 Å². The predicted molar refractivity (Wildman–Crippen MR) is 83.6 cm³/mol. The monoisotopic (exact) mass is 281 g/mol. The van der Waals surface area contributed by atoms with Crippen LogP contribution in [0.3, 0.4) is 0 Å². The number of nitrogens with zero attached hydrogens (tertiary/aromatic N) is 2. The Morgan fingerprint density at radius 2 is 1.55 bits per heavy atom. The van der Waals surface area contributed by atoms with Gasteiger partial charge in [-0.3, -0.25) is 0 Å². The molecule has 0 saturated carbocycles. The summed E-state index contributed by atoms with van der Waals surface area (Å²) in [6, 6.07) is 19.0. The van der Waals surface area contributed by atoms with Crippen LogP contribution in [0.5, 0.6) is 0 Å². The van der Waals surface area contributed by atoms with Crippen LogP contribution >= 0.6 is 11.5 Å². The normalized spacial score (nSPS) is 10.6. The van der Waals surface area contributed by atoms with E-state index in [0.29, 0.717) is 5.13 Å². The first-order chi connectivity index (χ1) is 9.81. The quantitative estimate of drug-likeness (QED) is 0.795. The molecule has 4 heteroatoms. The van der Waals surface area contributed by atoms with Gasteiger partial charge in [0.15, 0.2) is 5.13 Å². The highest BCUT2D eigenvalue weighted by Crippen LogP contribution is 2.19. The van der Waals surface area contributed by atoms with Crippen LogP contribution in [-0.4, -0.2) is 9.36 Å². The first kappa shape index (κ1) is 12.8. The van der Waals surface area contributed by atoms with Gasteiger partial charge in [0, 0.05) is 18.0 Å². The van der Waals surface area contributed by atoms with Gasteiger partial charge in [-0.05, 0) is 23.1 Å². The van der Waals surface area contributed by atoms with Crippen LogP contribution in [0.1, 0.15) is 11.4 Å². The van der Waals surface area contributed by atoms with Crippen LogP contribution in [0.4, 0.5) is 5.13 Å².